The number of nitrogens with zero attached hydrogens (tertiary/aromatic N) is 1. The fraction of sp³-hybridized carbons (Fsp3) is 0.455. The Bertz CT molecular complexity index is 836. The first-order valence-corrected chi connectivity index (χ1v) is 9.83. The Kier molecular flexibility index (Phi) is 6.52. The monoisotopic (exact) mass is 384 g/mol. The second kappa shape index (κ2) is 9.06. The van der Waals surface area contributed by atoms with E-state index in [-0.39, 0.29) is 18.6 Å². The zero-order valence-corrected chi connectivity index (χ0v) is 16.8. The van der Waals surface area contributed by atoms with E-state index in [1.54, 1.807) is 6.92 Å². The van der Waals surface area contributed by atoms with Crippen LogP contribution >= 0.6 is 0 Å². The molecule has 1 aromatic heterocycles. The average molecular weight is 384 g/mol. The maximum atomic E-state index is 12.9. The lowest BCUT2D eigenvalue weighted by Gasteiger charge is -2.12. The summed E-state index contributed by atoms with van der Waals surface area (Å²) in [6, 6.07) is 9.87. The van der Waals surface area contributed by atoms with Crippen LogP contribution < -0.4 is 5.32 Å². The highest BCUT2D eigenvalue weighted by Crippen LogP contribution is 2.25. The van der Waals surface area contributed by atoms with Crippen molar-refractivity contribution in [3.63, 3.8) is 0 Å². The number of ether oxygens (including phenoxy) is 2. The molecule has 1 unspecified atom stereocenters. The van der Waals surface area contributed by atoms with E-state index in [1.165, 1.54) is 0 Å². The molecule has 1 amide bonds. The molecule has 150 valence electrons. The Hall–Kier alpha value is -2.60. The number of hydrogen-bond acceptors (Lipinski definition) is 4. The van der Waals surface area contributed by atoms with Crippen LogP contribution in [0.3, 0.4) is 0 Å². The largest absolute Gasteiger partial charge is 0.461 e. The normalized spacial score (nSPS) is 16.2. The van der Waals surface area contributed by atoms with Crippen LogP contribution in [0.1, 0.15) is 57.4 Å². The summed E-state index contributed by atoms with van der Waals surface area (Å²) in [6.45, 7) is 7.48. The van der Waals surface area contributed by atoms with Gasteiger partial charge >= 0.3 is 5.97 Å². The van der Waals surface area contributed by atoms with Crippen molar-refractivity contribution in [3.8, 4) is 0 Å². The Morgan fingerprint density at radius 1 is 1.25 bits per heavy atom. The van der Waals surface area contributed by atoms with E-state index in [4.69, 9.17) is 9.47 Å². The van der Waals surface area contributed by atoms with Gasteiger partial charge in [0, 0.05) is 25.4 Å². The average Bonchev–Trinajstić information content (AvgIpc) is 3.28. The lowest BCUT2D eigenvalue weighted by Crippen LogP contribution is -2.32. The van der Waals surface area contributed by atoms with Crippen molar-refractivity contribution in [1.29, 1.82) is 0 Å². The van der Waals surface area contributed by atoms with Gasteiger partial charge < -0.3 is 19.4 Å². The highest BCUT2D eigenvalue weighted by atomic mass is 16.5. The van der Waals surface area contributed by atoms with Gasteiger partial charge in [0.1, 0.15) is 5.69 Å². The first-order valence-electron chi connectivity index (χ1n) is 9.83. The number of hydrogen-bond donors (Lipinski definition) is 1. The van der Waals surface area contributed by atoms with Gasteiger partial charge in [0.15, 0.2) is 0 Å². The number of aromatic nitrogens is 1. The fourth-order valence-corrected chi connectivity index (χ4v) is 3.76. The van der Waals surface area contributed by atoms with Gasteiger partial charge in [-0.1, -0.05) is 30.3 Å². The van der Waals surface area contributed by atoms with Crippen LogP contribution in [0.4, 0.5) is 0 Å². The van der Waals surface area contributed by atoms with Crippen molar-refractivity contribution in [2.75, 3.05) is 19.8 Å². The molecule has 2 aromatic rings. The first kappa shape index (κ1) is 20.1. The summed E-state index contributed by atoms with van der Waals surface area (Å²) >= 11 is 0. The van der Waals surface area contributed by atoms with E-state index in [9.17, 15) is 9.59 Å². The number of amides is 1. The fourth-order valence-electron chi connectivity index (χ4n) is 3.76. The summed E-state index contributed by atoms with van der Waals surface area (Å²) in [5, 5.41) is 2.97. The standard InChI is InChI=1S/C22H28N2O4/c1-4-27-22(26)20-15(2)19(21(25)23-13-18-11-8-12-28-18)16(3)24(20)14-17-9-6-5-7-10-17/h5-7,9-10,18H,4,8,11-14H2,1-3H3,(H,23,25). The smallest absolute Gasteiger partial charge is 0.355 e. The van der Waals surface area contributed by atoms with E-state index < -0.39 is 5.97 Å². The third kappa shape index (κ3) is 4.28. The molecule has 6 nitrogen and oxygen atoms in total. The third-order valence-corrected chi connectivity index (χ3v) is 5.16. The number of nitrogens with one attached hydrogen (secondary N) is 1. The molecule has 28 heavy (non-hydrogen) atoms. The molecule has 1 N–H and O–H groups in total. The second-order valence-electron chi connectivity index (χ2n) is 7.07. The van der Waals surface area contributed by atoms with Crippen LogP contribution in [0.5, 0.6) is 0 Å². The molecule has 1 saturated heterocycles. The molecule has 1 fully saturated rings. The minimum Gasteiger partial charge on any atom is -0.461 e. The molecule has 1 aliphatic rings. The van der Waals surface area contributed by atoms with E-state index in [0.29, 0.717) is 29.9 Å². The summed E-state index contributed by atoms with van der Waals surface area (Å²) in [4.78, 5) is 25.5. The van der Waals surface area contributed by atoms with Crippen molar-refractivity contribution in [2.24, 2.45) is 0 Å². The summed E-state index contributed by atoms with van der Waals surface area (Å²) in [5.41, 5.74) is 3.44. The van der Waals surface area contributed by atoms with Crippen molar-refractivity contribution in [1.82, 2.24) is 9.88 Å². The summed E-state index contributed by atoms with van der Waals surface area (Å²) < 4.78 is 12.7. The predicted octanol–water partition coefficient (Wildman–Crippen LogP) is 3.24. The van der Waals surface area contributed by atoms with Crippen LogP contribution in [0.2, 0.25) is 0 Å². The molecule has 1 aromatic carbocycles. The molecule has 1 aliphatic heterocycles. The minimum absolute atomic E-state index is 0.0699. The molecule has 2 heterocycles. The molecule has 0 saturated carbocycles. The molecule has 6 heteroatoms. The first-order chi connectivity index (χ1) is 13.5. The number of rotatable bonds is 7. The van der Waals surface area contributed by atoms with Crippen LogP contribution in [-0.4, -0.2) is 42.3 Å². The Balaban J connectivity index is 1.92. The quantitative estimate of drug-likeness (QED) is 0.744. The molecule has 1 atom stereocenters. The molecule has 0 bridgehead atoms. The summed E-state index contributed by atoms with van der Waals surface area (Å²) in [7, 11) is 0. The highest BCUT2D eigenvalue weighted by Gasteiger charge is 2.28. The van der Waals surface area contributed by atoms with Gasteiger partial charge in [-0.15, -0.1) is 0 Å². The van der Waals surface area contributed by atoms with Crippen LogP contribution in [-0.2, 0) is 16.0 Å². The van der Waals surface area contributed by atoms with E-state index in [1.807, 2.05) is 48.7 Å². The predicted molar refractivity (Wildman–Crippen MR) is 107 cm³/mol. The topological polar surface area (TPSA) is 69.6 Å². The number of esters is 1. The van der Waals surface area contributed by atoms with Crippen molar-refractivity contribution in [2.45, 2.75) is 46.3 Å². The number of carbonyl (C=O) groups excluding carboxylic acids is 2. The van der Waals surface area contributed by atoms with Gasteiger partial charge in [-0.3, -0.25) is 4.79 Å². The SMILES string of the molecule is CCOC(=O)c1c(C)c(C(=O)NCC2CCCO2)c(C)n1Cc1ccccc1. The number of carbonyl (C=O) groups is 2. The van der Waals surface area contributed by atoms with Gasteiger partial charge in [0.05, 0.1) is 18.3 Å². The van der Waals surface area contributed by atoms with Crippen LogP contribution in [0.15, 0.2) is 30.3 Å². The molecular weight excluding hydrogens is 356 g/mol. The zero-order valence-electron chi connectivity index (χ0n) is 16.8. The maximum absolute atomic E-state index is 12.9. The number of benzene rings is 1. The second-order valence-corrected chi connectivity index (χ2v) is 7.07. The van der Waals surface area contributed by atoms with Crippen LogP contribution in [0, 0.1) is 13.8 Å². The molecule has 0 aliphatic carbocycles. The van der Waals surface area contributed by atoms with Gasteiger partial charge in [0.2, 0.25) is 0 Å². The molecule has 0 spiro atoms. The summed E-state index contributed by atoms with van der Waals surface area (Å²) in [6.07, 6.45) is 2.06. The Morgan fingerprint density at radius 3 is 2.64 bits per heavy atom. The molecular formula is C22H28N2O4. The minimum atomic E-state index is -0.405. The van der Waals surface area contributed by atoms with Gasteiger partial charge in [0.25, 0.3) is 5.91 Å². The lowest BCUT2D eigenvalue weighted by molar-refractivity contribution is 0.0513. The van der Waals surface area contributed by atoms with Crippen molar-refractivity contribution in [3.05, 3.63) is 58.4 Å². The lowest BCUT2D eigenvalue weighted by atomic mass is 10.1. The Labute approximate surface area is 165 Å². The highest BCUT2D eigenvalue weighted by molar-refractivity contribution is 6.01. The Morgan fingerprint density at radius 2 is 2.00 bits per heavy atom. The third-order valence-electron chi connectivity index (χ3n) is 5.16. The van der Waals surface area contributed by atoms with Crippen LogP contribution in [0.25, 0.3) is 0 Å². The van der Waals surface area contributed by atoms with E-state index in [2.05, 4.69) is 5.32 Å². The molecule has 3 rings (SSSR count). The summed E-state index contributed by atoms with van der Waals surface area (Å²) in [5.74, 6) is -0.583. The van der Waals surface area contributed by atoms with Gasteiger partial charge in [-0.25, -0.2) is 4.79 Å². The van der Waals surface area contributed by atoms with E-state index in [0.717, 1.165) is 30.7 Å². The van der Waals surface area contributed by atoms with Crippen molar-refractivity contribution < 1.29 is 19.1 Å². The maximum Gasteiger partial charge on any atom is 0.355 e. The van der Waals surface area contributed by atoms with Gasteiger partial charge in [-0.05, 0) is 44.7 Å². The van der Waals surface area contributed by atoms with Gasteiger partial charge in [-0.2, -0.15) is 0 Å². The van der Waals surface area contributed by atoms with E-state index >= 15 is 0 Å². The zero-order chi connectivity index (χ0) is 20.1. The van der Waals surface area contributed by atoms with Crippen molar-refractivity contribution >= 4 is 11.9 Å². The molecule has 0 radical (unpaired) electrons.